The molecule has 4 heteroatoms. The molecule has 18 heavy (non-hydrogen) atoms. The van der Waals surface area contributed by atoms with E-state index in [0.29, 0.717) is 0 Å². The Kier molecular flexibility index (Phi) is 3.95. The number of nitrogens with two attached hydrogens (primary N) is 1. The predicted octanol–water partition coefficient (Wildman–Crippen LogP) is 2.29. The van der Waals surface area contributed by atoms with Crippen molar-refractivity contribution in [3.05, 3.63) is 60.7 Å². The van der Waals surface area contributed by atoms with Gasteiger partial charge < -0.3 is 10.3 Å². The van der Waals surface area contributed by atoms with Crippen LogP contribution in [0.5, 0.6) is 0 Å². The molecular formula is C14H14NOPS. The second-order valence-electron chi connectivity index (χ2n) is 4.04. The average Bonchev–Trinajstić information content (AvgIpc) is 2.40. The number of thiocarbonyl (C=S) groups is 1. The lowest BCUT2D eigenvalue weighted by atomic mass is 10.4. The fraction of sp³-hybridized carbons (Fsp3) is 0.0714. The van der Waals surface area contributed by atoms with Crippen LogP contribution in [0.1, 0.15) is 0 Å². The van der Waals surface area contributed by atoms with E-state index >= 15 is 0 Å². The van der Waals surface area contributed by atoms with Gasteiger partial charge in [0.15, 0.2) is 0 Å². The summed E-state index contributed by atoms with van der Waals surface area (Å²) in [5, 5.41) is 1.59. The summed E-state index contributed by atoms with van der Waals surface area (Å²) >= 11 is 4.95. The van der Waals surface area contributed by atoms with Gasteiger partial charge in [-0.3, -0.25) is 0 Å². The maximum atomic E-state index is 13.3. The van der Waals surface area contributed by atoms with Gasteiger partial charge in [0.2, 0.25) is 0 Å². The van der Waals surface area contributed by atoms with Crippen molar-refractivity contribution >= 4 is 35.0 Å². The standard InChI is InChI=1S/C14H14NOPS/c15-14(18)11-17(16,12-7-3-1-4-8-12)13-9-5-2-6-10-13/h1-10H,11H2,(H2,15,18). The maximum Gasteiger partial charge on any atom is 0.149 e. The second kappa shape index (κ2) is 5.47. The highest BCUT2D eigenvalue weighted by Gasteiger charge is 2.27. The summed E-state index contributed by atoms with van der Waals surface area (Å²) in [6.07, 6.45) is 0.232. The van der Waals surface area contributed by atoms with Crippen molar-refractivity contribution in [3.63, 3.8) is 0 Å². The van der Waals surface area contributed by atoms with Crippen LogP contribution in [0.3, 0.4) is 0 Å². The van der Waals surface area contributed by atoms with Crippen LogP contribution in [0, 0.1) is 0 Å². The molecule has 0 saturated carbocycles. The zero-order chi connectivity index (χ0) is 13.0. The Morgan fingerprint density at radius 2 is 1.33 bits per heavy atom. The van der Waals surface area contributed by atoms with Gasteiger partial charge in [-0.2, -0.15) is 0 Å². The summed E-state index contributed by atoms with van der Waals surface area (Å²) in [7, 11) is -2.75. The van der Waals surface area contributed by atoms with E-state index in [1.54, 1.807) is 0 Å². The summed E-state index contributed by atoms with van der Waals surface area (Å²) in [4.78, 5) is 0.283. The number of hydrogen-bond donors (Lipinski definition) is 1. The van der Waals surface area contributed by atoms with E-state index in [-0.39, 0.29) is 11.2 Å². The molecule has 0 aliphatic rings. The van der Waals surface area contributed by atoms with Crippen molar-refractivity contribution in [3.8, 4) is 0 Å². The zero-order valence-electron chi connectivity index (χ0n) is 9.82. The summed E-state index contributed by atoms with van der Waals surface area (Å²) in [5.41, 5.74) is 5.61. The molecule has 0 amide bonds. The van der Waals surface area contributed by atoms with Gasteiger partial charge in [-0.25, -0.2) is 0 Å². The molecule has 2 aromatic carbocycles. The van der Waals surface area contributed by atoms with Crippen molar-refractivity contribution in [2.75, 3.05) is 6.16 Å². The first kappa shape index (κ1) is 13.0. The molecule has 2 aromatic rings. The van der Waals surface area contributed by atoms with E-state index in [1.165, 1.54) is 0 Å². The highest BCUT2D eigenvalue weighted by Crippen LogP contribution is 2.42. The Hall–Kier alpha value is -1.44. The van der Waals surface area contributed by atoms with Gasteiger partial charge in [-0.15, -0.1) is 0 Å². The fourth-order valence-corrected chi connectivity index (χ4v) is 4.84. The Balaban J connectivity index is 2.55. The van der Waals surface area contributed by atoms with Gasteiger partial charge in [0, 0.05) is 10.6 Å². The predicted molar refractivity (Wildman–Crippen MR) is 81.4 cm³/mol. The average molecular weight is 275 g/mol. The Morgan fingerprint density at radius 1 is 0.944 bits per heavy atom. The van der Waals surface area contributed by atoms with Crippen LogP contribution in [-0.2, 0) is 4.57 Å². The molecule has 92 valence electrons. The van der Waals surface area contributed by atoms with Crippen LogP contribution in [0.15, 0.2) is 60.7 Å². The molecule has 0 spiro atoms. The van der Waals surface area contributed by atoms with Crippen LogP contribution in [-0.4, -0.2) is 11.2 Å². The van der Waals surface area contributed by atoms with Gasteiger partial charge in [-0.1, -0.05) is 72.9 Å². The minimum Gasteiger partial charge on any atom is -0.393 e. The van der Waals surface area contributed by atoms with E-state index in [1.807, 2.05) is 60.7 Å². The maximum absolute atomic E-state index is 13.3. The topological polar surface area (TPSA) is 43.1 Å². The third-order valence-corrected chi connectivity index (χ3v) is 6.13. The molecule has 0 saturated heterocycles. The zero-order valence-corrected chi connectivity index (χ0v) is 11.5. The summed E-state index contributed by atoms with van der Waals surface area (Å²) in [6, 6.07) is 18.8. The molecule has 2 N–H and O–H groups in total. The molecule has 0 aliphatic carbocycles. The van der Waals surface area contributed by atoms with Crippen molar-refractivity contribution in [2.45, 2.75) is 0 Å². The van der Waals surface area contributed by atoms with Crippen molar-refractivity contribution in [1.82, 2.24) is 0 Å². The number of rotatable bonds is 4. The van der Waals surface area contributed by atoms with E-state index < -0.39 is 7.14 Å². The van der Waals surface area contributed by atoms with Crippen LogP contribution in [0.4, 0.5) is 0 Å². The molecule has 0 bridgehead atoms. The monoisotopic (exact) mass is 275 g/mol. The highest BCUT2D eigenvalue weighted by atomic mass is 32.1. The SMILES string of the molecule is NC(=S)CP(=O)(c1ccccc1)c1ccccc1. The van der Waals surface area contributed by atoms with E-state index in [0.717, 1.165) is 10.6 Å². The Morgan fingerprint density at radius 3 is 1.67 bits per heavy atom. The van der Waals surface area contributed by atoms with Gasteiger partial charge in [-0.05, 0) is 0 Å². The lowest BCUT2D eigenvalue weighted by molar-refractivity contribution is 0.589. The van der Waals surface area contributed by atoms with Crippen molar-refractivity contribution in [2.24, 2.45) is 5.73 Å². The normalized spacial score (nSPS) is 11.1. The fourth-order valence-electron chi connectivity index (χ4n) is 1.89. The van der Waals surface area contributed by atoms with Crippen LogP contribution in [0.25, 0.3) is 0 Å². The van der Waals surface area contributed by atoms with Gasteiger partial charge in [0.1, 0.15) is 7.14 Å². The molecule has 2 rings (SSSR count). The van der Waals surface area contributed by atoms with E-state index in [9.17, 15) is 4.57 Å². The molecular weight excluding hydrogens is 261 g/mol. The minimum absolute atomic E-state index is 0.232. The molecule has 0 aliphatic heterocycles. The van der Waals surface area contributed by atoms with Crippen molar-refractivity contribution in [1.29, 1.82) is 0 Å². The van der Waals surface area contributed by atoms with Gasteiger partial charge in [0.05, 0.1) is 11.2 Å². The van der Waals surface area contributed by atoms with Crippen molar-refractivity contribution < 1.29 is 4.57 Å². The van der Waals surface area contributed by atoms with Crippen LogP contribution < -0.4 is 16.3 Å². The van der Waals surface area contributed by atoms with Gasteiger partial charge in [0.25, 0.3) is 0 Å². The van der Waals surface area contributed by atoms with Gasteiger partial charge >= 0.3 is 0 Å². The second-order valence-corrected chi connectivity index (χ2v) is 7.39. The lowest BCUT2D eigenvalue weighted by Gasteiger charge is -2.18. The largest absolute Gasteiger partial charge is 0.393 e. The Labute approximate surface area is 112 Å². The summed E-state index contributed by atoms with van der Waals surface area (Å²) in [5.74, 6) is 0. The Bertz CT molecular complexity index is 540. The first-order valence-corrected chi connectivity index (χ1v) is 7.91. The molecule has 0 fully saturated rings. The van der Waals surface area contributed by atoms with E-state index in [2.05, 4.69) is 0 Å². The first-order chi connectivity index (χ1) is 8.63. The van der Waals surface area contributed by atoms with Crippen LogP contribution in [0.2, 0.25) is 0 Å². The highest BCUT2D eigenvalue weighted by molar-refractivity contribution is 7.85. The number of benzene rings is 2. The molecule has 0 heterocycles. The summed E-state index contributed by atoms with van der Waals surface area (Å²) < 4.78 is 13.3. The third-order valence-electron chi connectivity index (χ3n) is 2.73. The number of hydrogen-bond acceptors (Lipinski definition) is 2. The summed E-state index contributed by atoms with van der Waals surface area (Å²) in [6.45, 7) is 0. The molecule has 2 nitrogen and oxygen atoms in total. The molecule has 0 unspecified atom stereocenters. The molecule has 0 aromatic heterocycles. The smallest absolute Gasteiger partial charge is 0.149 e. The minimum atomic E-state index is -2.75. The quantitative estimate of drug-likeness (QED) is 0.687. The van der Waals surface area contributed by atoms with E-state index in [4.69, 9.17) is 18.0 Å². The third kappa shape index (κ3) is 2.69. The first-order valence-electron chi connectivity index (χ1n) is 5.61. The molecule has 0 radical (unpaired) electrons. The van der Waals surface area contributed by atoms with Crippen LogP contribution >= 0.6 is 19.4 Å². The lowest BCUT2D eigenvalue weighted by Crippen LogP contribution is -2.25. The molecule has 0 atom stereocenters.